The molecule has 2 aliphatic rings. The van der Waals surface area contributed by atoms with Gasteiger partial charge in [0.15, 0.2) is 6.61 Å². The van der Waals surface area contributed by atoms with Crippen LogP contribution in [0.2, 0.25) is 0 Å². The minimum Gasteiger partial charge on any atom is -0.482 e. The molecule has 6 nitrogen and oxygen atoms in total. The third-order valence-corrected chi connectivity index (χ3v) is 10.0. The summed E-state index contributed by atoms with van der Waals surface area (Å²) in [4.78, 5) is 11.1. The molecule has 0 atom stereocenters. The molecule has 3 aromatic rings. The summed E-state index contributed by atoms with van der Waals surface area (Å²) in [5, 5.41) is 8.92. The summed E-state index contributed by atoms with van der Waals surface area (Å²) in [5.41, 5.74) is 5.87. The molecule has 1 aliphatic carbocycles. The van der Waals surface area contributed by atoms with Crippen LogP contribution in [0.3, 0.4) is 0 Å². The van der Waals surface area contributed by atoms with Crippen LogP contribution in [0.1, 0.15) is 69.6 Å². The van der Waals surface area contributed by atoms with Crippen LogP contribution in [-0.2, 0) is 25.6 Å². The molecular formula is C32H37NO5S. The van der Waals surface area contributed by atoms with E-state index in [4.69, 9.17) is 9.84 Å². The van der Waals surface area contributed by atoms with Gasteiger partial charge in [0.05, 0.1) is 10.6 Å². The number of carbonyl (C=O) groups is 1. The second kappa shape index (κ2) is 10.0. The normalized spacial score (nSPS) is 16.8. The highest BCUT2D eigenvalue weighted by Gasteiger charge is 2.47. The molecule has 1 aliphatic heterocycles. The van der Waals surface area contributed by atoms with Gasteiger partial charge >= 0.3 is 5.97 Å². The van der Waals surface area contributed by atoms with Crippen molar-refractivity contribution < 1.29 is 23.1 Å². The maximum Gasteiger partial charge on any atom is 0.341 e. The van der Waals surface area contributed by atoms with Gasteiger partial charge in [-0.1, -0.05) is 70.4 Å². The lowest BCUT2D eigenvalue weighted by Crippen LogP contribution is -2.38. The van der Waals surface area contributed by atoms with Gasteiger partial charge in [-0.15, -0.1) is 0 Å². The Balaban J connectivity index is 1.53. The van der Waals surface area contributed by atoms with Crippen LogP contribution in [0.25, 0.3) is 11.1 Å². The molecule has 3 aromatic carbocycles. The Morgan fingerprint density at radius 2 is 1.62 bits per heavy atom. The van der Waals surface area contributed by atoms with E-state index in [9.17, 15) is 13.2 Å². The van der Waals surface area contributed by atoms with E-state index in [1.807, 2.05) is 12.1 Å². The standard InChI is InChI=1S/C32H37NO5S/c1-22-18-26(13-15-29(22)38-20-30(34)35)39(36,37)33-21-32(16-6-5-7-17-32)27-19-24(10-14-28(27)33)23-8-11-25(12-9-23)31(2,3)4/h8-15,18-19H,5-7,16-17,20-21H2,1-4H3,(H,34,35). The van der Waals surface area contributed by atoms with E-state index in [-0.39, 0.29) is 15.7 Å². The molecule has 0 unspecified atom stereocenters. The van der Waals surface area contributed by atoms with Crippen LogP contribution in [0.15, 0.2) is 65.6 Å². The van der Waals surface area contributed by atoms with Crippen molar-refractivity contribution in [3.8, 4) is 16.9 Å². The predicted octanol–water partition coefficient (Wildman–Crippen LogP) is 6.83. The molecule has 5 rings (SSSR count). The summed E-state index contributed by atoms with van der Waals surface area (Å²) >= 11 is 0. The fourth-order valence-corrected chi connectivity index (χ4v) is 7.70. The van der Waals surface area contributed by atoms with E-state index in [0.29, 0.717) is 17.9 Å². The second-order valence-corrected chi connectivity index (χ2v) is 13.9. The molecule has 7 heteroatoms. The van der Waals surface area contributed by atoms with Gasteiger partial charge in [-0.2, -0.15) is 0 Å². The Morgan fingerprint density at radius 1 is 0.949 bits per heavy atom. The molecule has 0 radical (unpaired) electrons. The average molecular weight is 548 g/mol. The van der Waals surface area contributed by atoms with E-state index in [2.05, 4.69) is 51.1 Å². The number of hydrogen-bond donors (Lipinski definition) is 1. The molecule has 0 amide bonds. The van der Waals surface area contributed by atoms with E-state index in [0.717, 1.165) is 48.1 Å². The molecule has 1 N–H and O–H groups in total. The van der Waals surface area contributed by atoms with E-state index >= 15 is 0 Å². The first kappa shape index (κ1) is 27.3. The first-order valence-electron chi connectivity index (χ1n) is 13.6. The van der Waals surface area contributed by atoms with Crippen molar-refractivity contribution in [2.75, 3.05) is 17.5 Å². The quantitative estimate of drug-likeness (QED) is 0.366. The number of benzene rings is 3. The van der Waals surface area contributed by atoms with Crippen molar-refractivity contribution in [3.63, 3.8) is 0 Å². The number of sulfonamides is 1. The number of ether oxygens (including phenoxy) is 1. The number of aryl methyl sites for hydroxylation is 1. The van der Waals surface area contributed by atoms with Gasteiger partial charge in [0.1, 0.15) is 5.75 Å². The van der Waals surface area contributed by atoms with Gasteiger partial charge in [0, 0.05) is 12.0 Å². The summed E-state index contributed by atoms with van der Waals surface area (Å²) in [6, 6.07) is 19.5. The average Bonchev–Trinajstić information content (AvgIpc) is 3.21. The number of carboxylic acid groups (broad SMARTS) is 1. The molecular weight excluding hydrogens is 510 g/mol. The smallest absolute Gasteiger partial charge is 0.341 e. The number of rotatable bonds is 6. The third kappa shape index (κ3) is 5.17. The van der Waals surface area contributed by atoms with Gasteiger partial charge in [0.2, 0.25) is 0 Å². The van der Waals surface area contributed by atoms with E-state index in [1.54, 1.807) is 23.4 Å². The van der Waals surface area contributed by atoms with E-state index < -0.39 is 22.6 Å². The SMILES string of the molecule is Cc1cc(S(=O)(=O)N2CC3(CCCCC3)c3cc(-c4ccc(C(C)(C)C)cc4)ccc32)ccc1OCC(=O)O. The fraction of sp³-hybridized carbons (Fsp3) is 0.406. The maximum atomic E-state index is 14.0. The Kier molecular flexibility index (Phi) is 7.00. The molecule has 0 bridgehead atoms. The second-order valence-electron chi connectivity index (χ2n) is 12.0. The zero-order chi connectivity index (χ0) is 28.0. The Bertz CT molecular complexity index is 1500. The van der Waals surface area contributed by atoms with Crippen LogP contribution in [0, 0.1) is 6.92 Å². The Labute approximate surface area is 231 Å². The predicted molar refractivity (Wildman–Crippen MR) is 154 cm³/mol. The lowest BCUT2D eigenvalue weighted by Gasteiger charge is -2.34. The number of fused-ring (bicyclic) bond motifs is 2. The molecule has 0 aromatic heterocycles. The summed E-state index contributed by atoms with van der Waals surface area (Å²) in [7, 11) is -3.84. The number of nitrogens with zero attached hydrogens (tertiary/aromatic N) is 1. The zero-order valence-corrected chi connectivity index (χ0v) is 24.0. The highest BCUT2D eigenvalue weighted by molar-refractivity contribution is 7.92. The number of anilines is 1. The number of aliphatic carboxylic acids is 1. The Hall–Kier alpha value is -3.32. The van der Waals surface area contributed by atoms with Gasteiger partial charge < -0.3 is 9.84 Å². The number of hydrogen-bond acceptors (Lipinski definition) is 4. The van der Waals surface area contributed by atoms with Gasteiger partial charge in [-0.05, 0) is 83.3 Å². The van der Waals surface area contributed by atoms with Crippen LogP contribution < -0.4 is 9.04 Å². The van der Waals surface area contributed by atoms with Crippen LogP contribution in [-0.4, -0.2) is 32.6 Å². The zero-order valence-electron chi connectivity index (χ0n) is 23.2. The van der Waals surface area contributed by atoms with Gasteiger partial charge in [-0.25, -0.2) is 13.2 Å². The summed E-state index contributed by atoms with van der Waals surface area (Å²) < 4.78 is 35.0. The van der Waals surface area contributed by atoms with Gasteiger partial charge in [-0.3, -0.25) is 4.31 Å². The lowest BCUT2D eigenvalue weighted by atomic mass is 9.70. The topological polar surface area (TPSA) is 83.9 Å². The molecule has 1 saturated carbocycles. The van der Waals surface area contributed by atoms with Crippen molar-refractivity contribution in [1.82, 2.24) is 0 Å². The first-order chi connectivity index (χ1) is 18.4. The highest BCUT2D eigenvalue weighted by Crippen LogP contribution is 2.51. The van der Waals surface area contributed by atoms with Crippen molar-refractivity contribution in [2.24, 2.45) is 0 Å². The van der Waals surface area contributed by atoms with Crippen molar-refractivity contribution in [2.45, 2.75) is 75.5 Å². The largest absolute Gasteiger partial charge is 0.482 e. The summed E-state index contributed by atoms with van der Waals surface area (Å²) in [5.74, 6) is -0.717. The van der Waals surface area contributed by atoms with Crippen LogP contribution in [0.5, 0.6) is 5.75 Å². The molecule has 206 valence electrons. The monoisotopic (exact) mass is 547 g/mol. The fourth-order valence-electron chi connectivity index (χ4n) is 6.05. The maximum absolute atomic E-state index is 14.0. The minimum atomic E-state index is -3.84. The molecule has 39 heavy (non-hydrogen) atoms. The van der Waals surface area contributed by atoms with Crippen LogP contribution >= 0.6 is 0 Å². The van der Waals surface area contributed by atoms with Gasteiger partial charge in [0.25, 0.3) is 10.0 Å². The highest BCUT2D eigenvalue weighted by atomic mass is 32.2. The number of carboxylic acids is 1. The lowest BCUT2D eigenvalue weighted by molar-refractivity contribution is -0.139. The van der Waals surface area contributed by atoms with Crippen molar-refractivity contribution in [1.29, 1.82) is 0 Å². The molecule has 0 saturated heterocycles. The third-order valence-electron chi connectivity index (χ3n) is 8.26. The Morgan fingerprint density at radius 3 is 2.23 bits per heavy atom. The molecule has 1 fully saturated rings. The first-order valence-corrected chi connectivity index (χ1v) is 15.1. The summed E-state index contributed by atoms with van der Waals surface area (Å²) in [6.45, 7) is 8.31. The van der Waals surface area contributed by atoms with Crippen LogP contribution in [0.4, 0.5) is 5.69 Å². The van der Waals surface area contributed by atoms with Crippen molar-refractivity contribution in [3.05, 3.63) is 77.4 Å². The van der Waals surface area contributed by atoms with E-state index in [1.165, 1.54) is 18.1 Å². The minimum absolute atomic E-state index is 0.0798. The molecule has 1 heterocycles. The van der Waals surface area contributed by atoms with Crippen molar-refractivity contribution >= 4 is 21.7 Å². The molecule has 1 spiro atoms. The summed E-state index contributed by atoms with van der Waals surface area (Å²) in [6.07, 6.45) is 5.30.